The van der Waals surface area contributed by atoms with E-state index in [1.54, 1.807) is 0 Å². The largest absolute Gasteiger partial charge is 0.465 e. The van der Waals surface area contributed by atoms with Crippen LogP contribution in [0.15, 0.2) is 0 Å². The second-order valence-electron chi connectivity index (χ2n) is 16.7. The first-order valence-corrected chi connectivity index (χ1v) is 24.3. The lowest BCUT2D eigenvalue weighted by molar-refractivity contribution is -0.146. The Morgan fingerprint density at radius 1 is 0.352 bits per heavy atom. The summed E-state index contributed by atoms with van der Waals surface area (Å²) in [6, 6.07) is 0. The summed E-state index contributed by atoms with van der Waals surface area (Å²) in [7, 11) is 0. The number of nitrogens with one attached hydrogen (secondary N) is 2. The van der Waals surface area contributed by atoms with Crippen LogP contribution in [0.5, 0.6) is 0 Å². The Balaban J connectivity index is 3.74. The highest BCUT2D eigenvalue weighted by Gasteiger charge is 2.14. The van der Waals surface area contributed by atoms with Gasteiger partial charge in [0.15, 0.2) is 0 Å². The monoisotopic (exact) mass is 765 g/mol. The Kier molecular flexibility index (Phi) is 43.6. The van der Waals surface area contributed by atoms with Gasteiger partial charge in [-0.25, -0.2) is 0 Å². The van der Waals surface area contributed by atoms with Crippen LogP contribution in [0.3, 0.4) is 0 Å². The summed E-state index contributed by atoms with van der Waals surface area (Å²) in [5.41, 5.74) is 0. The number of rotatable bonds is 45. The molecule has 0 aliphatic carbocycles. The number of hydrogen-bond donors (Lipinski definition) is 2. The van der Waals surface area contributed by atoms with Crippen molar-refractivity contribution >= 4 is 11.9 Å². The number of carbonyl (C=O) groups is 2. The molecule has 54 heavy (non-hydrogen) atoms. The van der Waals surface area contributed by atoms with Gasteiger partial charge in [-0.2, -0.15) is 0 Å². The molecule has 0 aliphatic heterocycles. The maximum absolute atomic E-state index is 12.4. The molecule has 0 aromatic carbocycles. The van der Waals surface area contributed by atoms with Crippen molar-refractivity contribution in [1.29, 1.82) is 0 Å². The Bertz CT molecular complexity index is 701. The first-order valence-electron chi connectivity index (χ1n) is 24.3. The molecule has 0 saturated heterocycles. The first-order chi connectivity index (χ1) is 26.6. The van der Waals surface area contributed by atoms with Crippen molar-refractivity contribution in [2.75, 3.05) is 39.4 Å². The average molecular weight is 765 g/mol. The van der Waals surface area contributed by atoms with E-state index in [2.05, 4.69) is 38.3 Å². The maximum Gasteiger partial charge on any atom is 0.305 e. The van der Waals surface area contributed by atoms with Crippen molar-refractivity contribution in [2.45, 2.75) is 246 Å². The summed E-state index contributed by atoms with van der Waals surface area (Å²) < 4.78 is 11.5. The lowest BCUT2D eigenvalue weighted by atomic mass is 9.95. The topological polar surface area (TPSA) is 76.7 Å². The van der Waals surface area contributed by atoms with Crippen LogP contribution in [-0.4, -0.2) is 51.3 Å². The van der Waals surface area contributed by atoms with Gasteiger partial charge in [0.05, 0.1) is 13.2 Å². The van der Waals surface area contributed by atoms with E-state index in [9.17, 15) is 9.59 Å². The average Bonchev–Trinajstić information content (AvgIpc) is 3.17. The molecular formula is C48H96N2O4. The maximum atomic E-state index is 12.4. The van der Waals surface area contributed by atoms with E-state index in [4.69, 9.17) is 9.47 Å². The molecule has 2 unspecified atom stereocenters. The quantitative estimate of drug-likeness (QED) is 0.0475. The Labute approximate surface area is 338 Å². The highest BCUT2D eigenvalue weighted by molar-refractivity contribution is 5.69. The summed E-state index contributed by atoms with van der Waals surface area (Å²) in [5.74, 6) is 1.10. The molecular weight excluding hydrogens is 669 g/mol. The predicted molar refractivity (Wildman–Crippen MR) is 234 cm³/mol. The summed E-state index contributed by atoms with van der Waals surface area (Å²) >= 11 is 0. The van der Waals surface area contributed by atoms with Crippen LogP contribution in [0, 0.1) is 11.8 Å². The van der Waals surface area contributed by atoms with Gasteiger partial charge in [-0.1, -0.05) is 169 Å². The second kappa shape index (κ2) is 44.6. The Morgan fingerprint density at radius 2 is 0.611 bits per heavy atom. The molecule has 0 aliphatic rings. The number of carbonyl (C=O) groups excluding carboxylic acids is 2. The molecule has 0 fully saturated rings. The zero-order chi connectivity index (χ0) is 39.4. The van der Waals surface area contributed by atoms with Crippen molar-refractivity contribution < 1.29 is 19.1 Å². The Morgan fingerprint density at radius 3 is 0.944 bits per heavy atom. The van der Waals surface area contributed by atoms with Crippen LogP contribution >= 0.6 is 0 Å². The lowest BCUT2D eigenvalue weighted by Gasteiger charge is -2.17. The van der Waals surface area contributed by atoms with E-state index in [-0.39, 0.29) is 11.9 Å². The zero-order valence-corrected chi connectivity index (χ0v) is 37.1. The third kappa shape index (κ3) is 40.5. The minimum Gasteiger partial charge on any atom is -0.465 e. The van der Waals surface area contributed by atoms with Gasteiger partial charge in [0.1, 0.15) is 0 Å². The van der Waals surface area contributed by atoms with Crippen LogP contribution in [0.2, 0.25) is 0 Å². The van der Waals surface area contributed by atoms with Crippen LogP contribution in [0.4, 0.5) is 0 Å². The van der Waals surface area contributed by atoms with Crippen molar-refractivity contribution in [3.05, 3.63) is 0 Å². The molecule has 0 amide bonds. The van der Waals surface area contributed by atoms with Crippen LogP contribution < -0.4 is 10.6 Å². The summed E-state index contributed by atoms with van der Waals surface area (Å²) in [6.07, 6.45) is 40.9. The zero-order valence-electron chi connectivity index (χ0n) is 37.1. The first kappa shape index (κ1) is 52.9. The fourth-order valence-corrected chi connectivity index (χ4v) is 7.48. The minimum atomic E-state index is 0.00491. The number of esters is 2. The van der Waals surface area contributed by atoms with Gasteiger partial charge in [0.2, 0.25) is 0 Å². The van der Waals surface area contributed by atoms with E-state index in [0.717, 1.165) is 64.7 Å². The SMILES string of the molecule is CCCCCCCCC(CCCCCC)COC(=O)CCCCCNCCCCNCCCCCC(=O)OCC(CCCCCC)CCCCCCCC. The minimum absolute atomic E-state index is 0.00491. The fraction of sp³-hybridized carbons (Fsp3) is 0.958. The Hall–Kier alpha value is -1.14. The summed E-state index contributed by atoms with van der Waals surface area (Å²) in [6.45, 7) is 14.5. The van der Waals surface area contributed by atoms with Crippen molar-refractivity contribution in [3.8, 4) is 0 Å². The molecule has 0 rings (SSSR count). The normalized spacial score (nSPS) is 12.6. The molecule has 0 spiro atoms. The van der Waals surface area contributed by atoms with Crippen LogP contribution in [0.25, 0.3) is 0 Å². The molecule has 0 aromatic rings. The van der Waals surface area contributed by atoms with Crippen molar-refractivity contribution in [2.24, 2.45) is 11.8 Å². The van der Waals surface area contributed by atoms with Gasteiger partial charge in [0, 0.05) is 12.8 Å². The third-order valence-electron chi connectivity index (χ3n) is 11.2. The van der Waals surface area contributed by atoms with Gasteiger partial charge in [0.25, 0.3) is 0 Å². The van der Waals surface area contributed by atoms with E-state index in [0.29, 0.717) is 37.9 Å². The number of ether oxygens (including phenoxy) is 2. The lowest BCUT2D eigenvalue weighted by Crippen LogP contribution is -2.20. The van der Waals surface area contributed by atoms with Gasteiger partial charge >= 0.3 is 11.9 Å². The van der Waals surface area contributed by atoms with E-state index < -0.39 is 0 Å². The number of hydrogen-bond acceptors (Lipinski definition) is 6. The standard InChI is InChI=1S/C48H96N2O4/c1-5-9-13-17-19-25-35-45(33-23-15-11-7-3)43-53-47(51)37-27-21-29-39-49-41-31-32-42-50-40-30-22-28-38-48(52)54-44-46(34-24-16-12-8-4)36-26-20-18-14-10-6-2/h45-46,49-50H,5-44H2,1-4H3. The highest BCUT2D eigenvalue weighted by atomic mass is 16.5. The van der Waals surface area contributed by atoms with Gasteiger partial charge < -0.3 is 20.1 Å². The number of unbranched alkanes of at least 4 members (excludes halogenated alkanes) is 21. The predicted octanol–water partition coefficient (Wildman–Crippen LogP) is 13.8. The van der Waals surface area contributed by atoms with Crippen LogP contribution in [-0.2, 0) is 19.1 Å². The fourth-order valence-electron chi connectivity index (χ4n) is 7.48. The molecule has 6 heteroatoms. The van der Waals surface area contributed by atoms with Crippen molar-refractivity contribution in [3.63, 3.8) is 0 Å². The van der Waals surface area contributed by atoms with Gasteiger partial charge in [-0.15, -0.1) is 0 Å². The molecule has 0 radical (unpaired) electrons. The van der Waals surface area contributed by atoms with Gasteiger partial charge in [-0.3, -0.25) is 9.59 Å². The van der Waals surface area contributed by atoms with E-state index in [1.807, 2.05) is 0 Å². The van der Waals surface area contributed by atoms with Gasteiger partial charge in [-0.05, 0) is 102 Å². The van der Waals surface area contributed by atoms with Crippen molar-refractivity contribution in [1.82, 2.24) is 10.6 Å². The summed E-state index contributed by atoms with van der Waals surface area (Å²) in [5, 5.41) is 7.14. The molecule has 0 saturated carbocycles. The molecule has 2 atom stereocenters. The molecule has 0 heterocycles. The smallest absolute Gasteiger partial charge is 0.305 e. The van der Waals surface area contributed by atoms with E-state index in [1.165, 1.54) is 167 Å². The molecule has 6 nitrogen and oxygen atoms in total. The highest BCUT2D eigenvalue weighted by Crippen LogP contribution is 2.21. The summed E-state index contributed by atoms with van der Waals surface area (Å²) in [4.78, 5) is 24.8. The second-order valence-corrected chi connectivity index (χ2v) is 16.7. The molecule has 0 aromatic heterocycles. The third-order valence-corrected chi connectivity index (χ3v) is 11.2. The van der Waals surface area contributed by atoms with Crippen LogP contribution in [0.1, 0.15) is 246 Å². The van der Waals surface area contributed by atoms with E-state index >= 15 is 0 Å². The molecule has 0 bridgehead atoms. The molecule has 322 valence electrons. The molecule has 2 N–H and O–H groups in total.